The highest BCUT2D eigenvalue weighted by atomic mass is 32.2. The quantitative estimate of drug-likeness (QED) is 0.486. The van der Waals surface area contributed by atoms with Gasteiger partial charge < -0.3 is 14.8 Å². The molecular formula is C25H28N2O5S. The highest BCUT2D eigenvalue weighted by molar-refractivity contribution is 7.92. The molecule has 0 aliphatic rings. The van der Waals surface area contributed by atoms with Crippen LogP contribution < -0.4 is 19.1 Å². The van der Waals surface area contributed by atoms with Gasteiger partial charge >= 0.3 is 0 Å². The summed E-state index contributed by atoms with van der Waals surface area (Å²) < 4.78 is 38.9. The van der Waals surface area contributed by atoms with Crippen LogP contribution in [-0.4, -0.2) is 34.1 Å². The molecule has 0 spiro atoms. The van der Waals surface area contributed by atoms with Gasteiger partial charge in [0.05, 0.1) is 23.8 Å². The summed E-state index contributed by atoms with van der Waals surface area (Å²) in [5.74, 6) is 0.657. The van der Waals surface area contributed by atoms with Crippen molar-refractivity contribution in [3.63, 3.8) is 0 Å². The minimum absolute atomic E-state index is 0.0723. The van der Waals surface area contributed by atoms with E-state index in [1.165, 1.54) is 19.2 Å². The fourth-order valence-corrected chi connectivity index (χ4v) is 4.65. The minimum atomic E-state index is -4.01. The van der Waals surface area contributed by atoms with Crippen LogP contribution in [0.5, 0.6) is 11.5 Å². The van der Waals surface area contributed by atoms with E-state index in [1.54, 1.807) is 42.5 Å². The van der Waals surface area contributed by atoms with Crippen LogP contribution in [0.25, 0.3) is 0 Å². The Bertz CT molecular complexity index is 1160. The van der Waals surface area contributed by atoms with E-state index in [4.69, 9.17) is 9.47 Å². The first-order chi connectivity index (χ1) is 15.8. The van der Waals surface area contributed by atoms with Crippen molar-refractivity contribution >= 4 is 21.6 Å². The standard InChI is InChI=1S/C25H28N2O5S/c1-19(2)32-21-15-13-20(14-16-21)17-26-25(28)18-27(23-11-7-8-12-24(23)31-3)33(29,30)22-9-5-4-6-10-22/h4-16,19H,17-18H2,1-3H3,(H,26,28). The Morgan fingerprint density at radius 3 is 2.21 bits per heavy atom. The predicted octanol–water partition coefficient (Wildman–Crippen LogP) is 3.99. The number of carbonyl (C=O) groups excluding carboxylic acids is 1. The molecule has 0 aromatic heterocycles. The third-order valence-corrected chi connectivity index (χ3v) is 6.53. The summed E-state index contributed by atoms with van der Waals surface area (Å²) in [6.45, 7) is 3.76. The molecule has 1 amide bonds. The Kier molecular flexibility index (Phi) is 7.95. The van der Waals surface area contributed by atoms with Crippen molar-refractivity contribution in [1.29, 1.82) is 0 Å². The number of methoxy groups -OCH3 is 1. The van der Waals surface area contributed by atoms with Crippen molar-refractivity contribution in [3.8, 4) is 11.5 Å². The first-order valence-corrected chi connectivity index (χ1v) is 12.0. The molecule has 0 unspecified atom stereocenters. The third kappa shape index (κ3) is 6.26. The Labute approximate surface area is 195 Å². The van der Waals surface area contributed by atoms with Gasteiger partial charge in [-0.05, 0) is 55.8 Å². The Hall–Kier alpha value is -3.52. The van der Waals surface area contributed by atoms with E-state index in [0.29, 0.717) is 5.75 Å². The van der Waals surface area contributed by atoms with Gasteiger partial charge in [-0.15, -0.1) is 0 Å². The number of nitrogens with zero attached hydrogens (tertiary/aromatic N) is 1. The highest BCUT2D eigenvalue weighted by Crippen LogP contribution is 2.32. The number of hydrogen-bond acceptors (Lipinski definition) is 5. The van der Waals surface area contributed by atoms with E-state index >= 15 is 0 Å². The lowest BCUT2D eigenvalue weighted by atomic mass is 10.2. The molecule has 0 bridgehead atoms. The Balaban J connectivity index is 1.79. The maximum atomic E-state index is 13.4. The summed E-state index contributed by atoms with van der Waals surface area (Å²) in [7, 11) is -2.55. The summed E-state index contributed by atoms with van der Waals surface area (Å²) in [6, 6.07) is 22.1. The zero-order valence-corrected chi connectivity index (χ0v) is 19.7. The van der Waals surface area contributed by atoms with Crippen molar-refractivity contribution in [2.45, 2.75) is 31.4 Å². The average molecular weight is 469 g/mol. The van der Waals surface area contributed by atoms with Gasteiger partial charge in [0.15, 0.2) is 0 Å². The number of nitrogens with one attached hydrogen (secondary N) is 1. The number of amides is 1. The Morgan fingerprint density at radius 1 is 0.939 bits per heavy atom. The van der Waals surface area contributed by atoms with Crippen LogP contribution >= 0.6 is 0 Å². The molecule has 0 atom stereocenters. The van der Waals surface area contributed by atoms with Gasteiger partial charge in [-0.1, -0.05) is 42.5 Å². The number of hydrogen-bond donors (Lipinski definition) is 1. The van der Waals surface area contributed by atoms with Crippen LogP contribution in [0.4, 0.5) is 5.69 Å². The van der Waals surface area contributed by atoms with Crippen LogP contribution in [0, 0.1) is 0 Å². The monoisotopic (exact) mass is 468 g/mol. The average Bonchev–Trinajstić information content (AvgIpc) is 2.82. The molecule has 0 aliphatic carbocycles. The largest absolute Gasteiger partial charge is 0.495 e. The molecule has 3 aromatic rings. The van der Waals surface area contributed by atoms with Crippen LogP contribution in [0.3, 0.4) is 0 Å². The summed E-state index contributed by atoms with van der Waals surface area (Å²) >= 11 is 0. The minimum Gasteiger partial charge on any atom is -0.495 e. The number of benzene rings is 3. The molecule has 0 aliphatic heterocycles. The molecule has 0 saturated heterocycles. The number of anilines is 1. The van der Waals surface area contributed by atoms with E-state index in [2.05, 4.69) is 5.32 Å². The molecule has 7 nitrogen and oxygen atoms in total. The summed E-state index contributed by atoms with van der Waals surface area (Å²) in [5.41, 5.74) is 1.16. The van der Waals surface area contributed by atoms with Crippen molar-refractivity contribution in [3.05, 3.63) is 84.4 Å². The lowest BCUT2D eigenvalue weighted by molar-refractivity contribution is -0.119. The normalized spacial score (nSPS) is 11.2. The number of sulfonamides is 1. The van der Waals surface area contributed by atoms with Gasteiger partial charge in [0.1, 0.15) is 18.0 Å². The van der Waals surface area contributed by atoms with E-state index in [-0.39, 0.29) is 23.2 Å². The SMILES string of the molecule is COc1ccccc1N(CC(=O)NCc1ccc(OC(C)C)cc1)S(=O)(=O)c1ccccc1. The number of para-hydroxylation sites is 2. The van der Waals surface area contributed by atoms with Gasteiger partial charge in [-0.3, -0.25) is 9.10 Å². The smallest absolute Gasteiger partial charge is 0.264 e. The van der Waals surface area contributed by atoms with E-state index in [9.17, 15) is 13.2 Å². The first kappa shape index (κ1) is 24.1. The van der Waals surface area contributed by atoms with Gasteiger partial charge in [-0.25, -0.2) is 8.42 Å². The van der Waals surface area contributed by atoms with Crippen LogP contribution in [0.2, 0.25) is 0 Å². The van der Waals surface area contributed by atoms with Crippen LogP contribution in [0.15, 0.2) is 83.8 Å². The van der Waals surface area contributed by atoms with Crippen molar-refractivity contribution < 1.29 is 22.7 Å². The molecule has 8 heteroatoms. The molecule has 0 fully saturated rings. The molecule has 33 heavy (non-hydrogen) atoms. The molecule has 0 saturated carbocycles. The molecule has 0 heterocycles. The van der Waals surface area contributed by atoms with Crippen molar-refractivity contribution in [1.82, 2.24) is 5.32 Å². The fraction of sp³-hybridized carbons (Fsp3) is 0.240. The van der Waals surface area contributed by atoms with Crippen LogP contribution in [0.1, 0.15) is 19.4 Å². The number of carbonyl (C=O) groups is 1. The van der Waals surface area contributed by atoms with Crippen LogP contribution in [-0.2, 0) is 21.4 Å². The van der Waals surface area contributed by atoms with Gasteiger partial charge in [0, 0.05) is 6.54 Å². The van der Waals surface area contributed by atoms with Gasteiger partial charge in [-0.2, -0.15) is 0 Å². The number of rotatable bonds is 10. The molecule has 3 aromatic carbocycles. The Morgan fingerprint density at radius 2 is 1.58 bits per heavy atom. The second kappa shape index (κ2) is 10.9. The topological polar surface area (TPSA) is 84.9 Å². The van der Waals surface area contributed by atoms with Crippen molar-refractivity contribution in [2.24, 2.45) is 0 Å². The molecular weight excluding hydrogens is 440 g/mol. The lowest BCUT2D eigenvalue weighted by Crippen LogP contribution is -2.40. The van der Waals surface area contributed by atoms with Gasteiger partial charge in [0.25, 0.3) is 10.0 Å². The van der Waals surface area contributed by atoms with Gasteiger partial charge in [0.2, 0.25) is 5.91 Å². The zero-order valence-electron chi connectivity index (χ0n) is 18.9. The molecule has 174 valence electrons. The van der Waals surface area contributed by atoms with E-state index in [1.807, 2.05) is 38.1 Å². The maximum absolute atomic E-state index is 13.4. The summed E-state index contributed by atoms with van der Waals surface area (Å²) in [4.78, 5) is 12.9. The second-order valence-electron chi connectivity index (χ2n) is 7.58. The maximum Gasteiger partial charge on any atom is 0.264 e. The first-order valence-electron chi connectivity index (χ1n) is 10.5. The third-order valence-electron chi connectivity index (χ3n) is 4.76. The lowest BCUT2D eigenvalue weighted by Gasteiger charge is -2.25. The molecule has 1 N–H and O–H groups in total. The predicted molar refractivity (Wildman–Crippen MR) is 128 cm³/mol. The van der Waals surface area contributed by atoms with E-state index < -0.39 is 22.5 Å². The zero-order chi connectivity index (χ0) is 23.8. The molecule has 0 radical (unpaired) electrons. The summed E-state index contributed by atoms with van der Waals surface area (Å²) in [5, 5.41) is 2.79. The second-order valence-corrected chi connectivity index (χ2v) is 9.45. The molecule has 3 rings (SSSR count). The highest BCUT2D eigenvalue weighted by Gasteiger charge is 2.29. The fourth-order valence-electron chi connectivity index (χ4n) is 3.20. The van der Waals surface area contributed by atoms with Crippen molar-refractivity contribution in [2.75, 3.05) is 18.0 Å². The van der Waals surface area contributed by atoms with E-state index in [0.717, 1.165) is 15.6 Å². The summed E-state index contributed by atoms with van der Waals surface area (Å²) in [6.07, 6.45) is 0.0723. The number of ether oxygens (including phenoxy) is 2.